The molecule has 0 radical (unpaired) electrons. The Bertz CT molecular complexity index is 203. The Kier molecular flexibility index (Phi) is 2.63. The molecule has 2 aliphatic carbocycles. The molecule has 2 saturated carbocycles. The topological polar surface area (TPSA) is 12.0 Å². The average Bonchev–Trinajstić information content (AvgIpc) is 3.01. The van der Waals surface area contributed by atoms with Crippen molar-refractivity contribution in [3.05, 3.63) is 0 Å². The lowest BCUT2D eigenvalue weighted by Gasteiger charge is -2.09. The predicted octanol–water partition coefficient (Wildman–Crippen LogP) is 2.91. The third kappa shape index (κ3) is 1.50. The highest BCUT2D eigenvalue weighted by molar-refractivity contribution is 5.21. The maximum atomic E-state index is 3.63. The normalized spacial score (nSPS) is 46.7. The fourth-order valence-electron chi connectivity index (χ4n) is 3.29. The zero-order valence-electron chi connectivity index (χ0n) is 10.1. The van der Waals surface area contributed by atoms with Gasteiger partial charge in [0.15, 0.2) is 0 Å². The van der Waals surface area contributed by atoms with Gasteiger partial charge in [0.2, 0.25) is 0 Å². The van der Waals surface area contributed by atoms with Crippen molar-refractivity contribution in [2.45, 2.75) is 40.5 Å². The number of rotatable bonds is 5. The Hall–Kier alpha value is -0.0400. The Morgan fingerprint density at radius 1 is 1.36 bits per heavy atom. The standard InChI is InChI=1S/C13H25N/c1-5-9(2)7-14-8-12-6-13(12)10(3)11(13)4/h9-12,14H,5-8H2,1-4H3. The summed E-state index contributed by atoms with van der Waals surface area (Å²) in [5, 5.41) is 3.63. The van der Waals surface area contributed by atoms with Gasteiger partial charge < -0.3 is 5.32 Å². The number of hydrogen-bond acceptors (Lipinski definition) is 1. The molecule has 2 rings (SSSR count). The molecule has 0 aromatic heterocycles. The highest BCUT2D eigenvalue weighted by atomic mass is 14.9. The van der Waals surface area contributed by atoms with E-state index in [0.29, 0.717) is 0 Å². The van der Waals surface area contributed by atoms with Crippen LogP contribution in [0.25, 0.3) is 0 Å². The van der Waals surface area contributed by atoms with Gasteiger partial charge >= 0.3 is 0 Å². The average molecular weight is 195 g/mol. The molecule has 0 bridgehead atoms. The fraction of sp³-hybridized carbons (Fsp3) is 1.00. The second-order valence-corrected chi connectivity index (χ2v) is 5.76. The lowest BCUT2D eigenvalue weighted by Crippen LogP contribution is -2.23. The third-order valence-electron chi connectivity index (χ3n) is 5.12. The van der Waals surface area contributed by atoms with Crippen LogP contribution in [0.15, 0.2) is 0 Å². The van der Waals surface area contributed by atoms with E-state index in [9.17, 15) is 0 Å². The van der Waals surface area contributed by atoms with E-state index in [2.05, 4.69) is 33.0 Å². The van der Waals surface area contributed by atoms with Gasteiger partial charge in [-0.25, -0.2) is 0 Å². The van der Waals surface area contributed by atoms with Gasteiger partial charge in [-0.3, -0.25) is 0 Å². The monoisotopic (exact) mass is 195 g/mol. The molecule has 4 atom stereocenters. The number of nitrogens with one attached hydrogen (secondary N) is 1. The SMILES string of the molecule is CCC(C)CNCC1CC12C(C)C2C. The van der Waals surface area contributed by atoms with Crippen molar-refractivity contribution >= 4 is 0 Å². The summed E-state index contributed by atoms with van der Waals surface area (Å²) in [5.41, 5.74) is 0.808. The van der Waals surface area contributed by atoms with Gasteiger partial charge in [-0.2, -0.15) is 0 Å². The van der Waals surface area contributed by atoms with Crippen LogP contribution in [0, 0.1) is 29.1 Å². The van der Waals surface area contributed by atoms with Crippen molar-refractivity contribution in [1.82, 2.24) is 5.32 Å². The van der Waals surface area contributed by atoms with Crippen LogP contribution < -0.4 is 5.32 Å². The summed E-state index contributed by atoms with van der Waals surface area (Å²) in [5.74, 6) is 3.88. The van der Waals surface area contributed by atoms with Crippen LogP contribution in [-0.2, 0) is 0 Å². The Balaban J connectivity index is 1.61. The first kappa shape index (κ1) is 10.5. The summed E-state index contributed by atoms with van der Waals surface area (Å²) < 4.78 is 0. The summed E-state index contributed by atoms with van der Waals surface area (Å²) in [4.78, 5) is 0. The van der Waals surface area contributed by atoms with E-state index >= 15 is 0 Å². The summed E-state index contributed by atoms with van der Waals surface area (Å²) in [6.07, 6.45) is 2.80. The Morgan fingerprint density at radius 3 is 2.43 bits per heavy atom. The predicted molar refractivity (Wildman–Crippen MR) is 61.2 cm³/mol. The second kappa shape index (κ2) is 3.52. The maximum absolute atomic E-state index is 3.63. The van der Waals surface area contributed by atoms with Crippen LogP contribution in [0.2, 0.25) is 0 Å². The molecule has 1 spiro atoms. The van der Waals surface area contributed by atoms with Gasteiger partial charge in [0.05, 0.1) is 0 Å². The van der Waals surface area contributed by atoms with Crippen LogP contribution in [0.1, 0.15) is 40.5 Å². The summed E-state index contributed by atoms with van der Waals surface area (Å²) >= 11 is 0. The van der Waals surface area contributed by atoms with E-state index < -0.39 is 0 Å². The van der Waals surface area contributed by atoms with Crippen molar-refractivity contribution in [3.63, 3.8) is 0 Å². The van der Waals surface area contributed by atoms with E-state index in [1.165, 1.54) is 25.9 Å². The Morgan fingerprint density at radius 2 is 2.00 bits per heavy atom. The molecule has 0 amide bonds. The fourth-order valence-corrected chi connectivity index (χ4v) is 3.29. The van der Waals surface area contributed by atoms with Gasteiger partial charge in [0.25, 0.3) is 0 Å². The molecule has 82 valence electrons. The first-order valence-electron chi connectivity index (χ1n) is 6.33. The lowest BCUT2D eigenvalue weighted by molar-refractivity contribution is 0.476. The minimum Gasteiger partial charge on any atom is -0.316 e. The van der Waals surface area contributed by atoms with Crippen LogP contribution in [0.4, 0.5) is 0 Å². The third-order valence-corrected chi connectivity index (χ3v) is 5.12. The first-order chi connectivity index (χ1) is 6.63. The minimum atomic E-state index is 0.808. The molecule has 0 heterocycles. The highest BCUT2D eigenvalue weighted by Crippen LogP contribution is 2.77. The molecule has 0 saturated heterocycles. The maximum Gasteiger partial charge on any atom is -0.00147 e. The second-order valence-electron chi connectivity index (χ2n) is 5.76. The minimum absolute atomic E-state index is 0.808. The molecular weight excluding hydrogens is 170 g/mol. The van der Waals surface area contributed by atoms with Crippen molar-refractivity contribution in [2.75, 3.05) is 13.1 Å². The molecule has 1 heteroatoms. The number of hydrogen-bond donors (Lipinski definition) is 1. The largest absolute Gasteiger partial charge is 0.316 e. The van der Waals surface area contributed by atoms with E-state index in [0.717, 1.165) is 29.1 Å². The summed E-state index contributed by atoms with van der Waals surface area (Å²) in [7, 11) is 0. The van der Waals surface area contributed by atoms with E-state index in [1.54, 1.807) is 0 Å². The molecule has 2 aliphatic rings. The van der Waals surface area contributed by atoms with Gasteiger partial charge in [0, 0.05) is 0 Å². The van der Waals surface area contributed by atoms with E-state index in [4.69, 9.17) is 0 Å². The molecule has 2 fully saturated rings. The zero-order chi connectivity index (χ0) is 10.3. The van der Waals surface area contributed by atoms with Gasteiger partial charge in [-0.15, -0.1) is 0 Å². The van der Waals surface area contributed by atoms with Crippen molar-refractivity contribution in [2.24, 2.45) is 29.1 Å². The zero-order valence-corrected chi connectivity index (χ0v) is 10.1. The highest BCUT2D eigenvalue weighted by Gasteiger charge is 2.73. The van der Waals surface area contributed by atoms with Gasteiger partial charge in [-0.1, -0.05) is 34.1 Å². The molecular formula is C13H25N. The Labute approximate surface area is 88.7 Å². The van der Waals surface area contributed by atoms with Crippen molar-refractivity contribution < 1.29 is 0 Å². The molecule has 0 aromatic carbocycles. The van der Waals surface area contributed by atoms with Crippen molar-refractivity contribution in [3.8, 4) is 0 Å². The molecule has 1 N–H and O–H groups in total. The molecule has 0 aliphatic heterocycles. The smallest absolute Gasteiger partial charge is 0.00147 e. The quantitative estimate of drug-likeness (QED) is 0.711. The van der Waals surface area contributed by atoms with E-state index in [1.807, 2.05) is 0 Å². The van der Waals surface area contributed by atoms with Crippen LogP contribution in [0.3, 0.4) is 0 Å². The lowest BCUT2D eigenvalue weighted by atomic mass is 10.1. The summed E-state index contributed by atoms with van der Waals surface area (Å²) in [6.45, 7) is 12.0. The van der Waals surface area contributed by atoms with Crippen molar-refractivity contribution in [1.29, 1.82) is 0 Å². The van der Waals surface area contributed by atoms with Crippen LogP contribution in [0.5, 0.6) is 0 Å². The van der Waals surface area contributed by atoms with Crippen LogP contribution in [-0.4, -0.2) is 13.1 Å². The molecule has 4 unspecified atom stereocenters. The molecule has 14 heavy (non-hydrogen) atoms. The first-order valence-corrected chi connectivity index (χ1v) is 6.33. The molecule has 1 nitrogen and oxygen atoms in total. The van der Waals surface area contributed by atoms with Crippen LogP contribution >= 0.6 is 0 Å². The summed E-state index contributed by atoms with van der Waals surface area (Å²) in [6, 6.07) is 0. The van der Waals surface area contributed by atoms with Gasteiger partial charge in [-0.05, 0) is 48.6 Å². The van der Waals surface area contributed by atoms with Gasteiger partial charge in [0.1, 0.15) is 0 Å². The van der Waals surface area contributed by atoms with E-state index in [-0.39, 0.29) is 0 Å². The molecule has 0 aromatic rings.